The van der Waals surface area contributed by atoms with Crippen molar-refractivity contribution in [1.82, 2.24) is 10.3 Å². The Kier molecular flexibility index (Phi) is 7.42. The summed E-state index contributed by atoms with van der Waals surface area (Å²) in [6, 6.07) is 2.17. The van der Waals surface area contributed by atoms with Crippen molar-refractivity contribution < 1.29 is 9.47 Å². The van der Waals surface area contributed by atoms with Gasteiger partial charge in [-0.05, 0) is 54.9 Å². The Bertz CT molecular complexity index is 344. The smallest absolute Gasteiger partial charge is 0.172 e. The molecule has 102 valence electrons. The van der Waals surface area contributed by atoms with E-state index in [9.17, 15) is 0 Å². The Morgan fingerprint density at radius 1 is 1.28 bits per heavy atom. The van der Waals surface area contributed by atoms with Crippen LogP contribution in [0.5, 0.6) is 0 Å². The normalized spacial score (nSPS) is 12.9. The number of halogens is 1. The molecule has 1 atom stereocenters. The van der Waals surface area contributed by atoms with E-state index in [0.29, 0.717) is 13.2 Å². The monoisotopic (exact) mass is 316 g/mol. The van der Waals surface area contributed by atoms with Crippen molar-refractivity contribution in [3.8, 4) is 0 Å². The molecular weight excluding hydrogens is 296 g/mol. The molecule has 0 bridgehead atoms. The van der Waals surface area contributed by atoms with Gasteiger partial charge in [0.15, 0.2) is 6.29 Å². The van der Waals surface area contributed by atoms with E-state index in [2.05, 4.69) is 32.3 Å². The summed E-state index contributed by atoms with van der Waals surface area (Å²) in [7, 11) is 1.92. The fourth-order valence-electron chi connectivity index (χ4n) is 1.76. The third-order valence-electron chi connectivity index (χ3n) is 2.58. The summed E-state index contributed by atoms with van der Waals surface area (Å²) in [5.74, 6) is 0. The number of hydrogen-bond donors (Lipinski definition) is 1. The summed E-state index contributed by atoms with van der Waals surface area (Å²) in [6.07, 6.45) is 4.22. The zero-order valence-corrected chi connectivity index (χ0v) is 12.7. The molecule has 1 aromatic rings. The first kappa shape index (κ1) is 15.6. The SMILES string of the molecule is CCOC(OCC)C(Cc1cncc(Br)c1)NC. The number of nitrogens with one attached hydrogen (secondary N) is 1. The third kappa shape index (κ3) is 5.02. The average molecular weight is 317 g/mol. The van der Waals surface area contributed by atoms with Crippen LogP contribution in [0, 0.1) is 0 Å². The molecule has 0 radical (unpaired) electrons. The zero-order chi connectivity index (χ0) is 13.4. The van der Waals surface area contributed by atoms with E-state index in [1.54, 1.807) is 6.20 Å². The summed E-state index contributed by atoms with van der Waals surface area (Å²) in [6.45, 7) is 5.22. The number of rotatable bonds is 8. The van der Waals surface area contributed by atoms with Crippen LogP contribution in [0.1, 0.15) is 19.4 Å². The predicted molar refractivity (Wildman–Crippen MR) is 75.5 cm³/mol. The lowest BCUT2D eigenvalue weighted by Gasteiger charge is -2.26. The number of pyridine rings is 1. The van der Waals surface area contributed by atoms with Gasteiger partial charge in [0.05, 0.1) is 6.04 Å². The second kappa shape index (κ2) is 8.58. The van der Waals surface area contributed by atoms with E-state index in [4.69, 9.17) is 9.47 Å². The molecule has 0 spiro atoms. The lowest BCUT2D eigenvalue weighted by atomic mass is 10.1. The molecular formula is C13H21BrN2O2. The van der Waals surface area contributed by atoms with Crippen LogP contribution in [0.2, 0.25) is 0 Å². The first-order valence-corrected chi connectivity index (χ1v) is 7.00. The standard InChI is InChI=1S/C13H21BrN2O2/c1-4-17-13(18-5-2)12(15-3)7-10-6-11(14)9-16-8-10/h6,8-9,12-13,15H,4-5,7H2,1-3H3. The van der Waals surface area contributed by atoms with Gasteiger partial charge in [-0.1, -0.05) is 0 Å². The number of likely N-dealkylation sites (N-methyl/N-ethyl adjacent to an activating group) is 1. The van der Waals surface area contributed by atoms with Gasteiger partial charge in [-0.15, -0.1) is 0 Å². The maximum absolute atomic E-state index is 5.62. The molecule has 1 N–H and O–H groups in total. The molecule has 0 fully saturated rings. The summed E-state index contributed by atoms with van der Waals surface area (Å²) >= 11 is 3.43. The van der Waals surface area contributed by atoms with E-state index in [1.807, 2.05) is 27.1 Å². The van der Waals surface area contributed by atoms with Gasteiger partial charge in [-0.25, -0.2) is 0 Å². The molecule has 1 aromatic heterocycles. The van der Waals surface area contributed by atoms with Crippen molar-refractivity contribution >= 4 is 15.9 Å². The number of aromatic nitrogens is 1. The zero-order valence-electron chi connectivity index (χ0n) is 11.1. The number of nitrogens with zero attached hydrogens (tertiary/aromatic N) is 1. The summed E-state index contributed by atoms with van der Waals surface area (Å²) < 4.78 is 12.2. The Labute approximate surface area is 117 Å². The van der Waals surface area contributed by atoms with Gasteiger partial charge in [0.2, 0.25) is 0 Å². The fourth-order valence-corrected chi connectivity index (χ4v) is 2.18. The van der Waals surface area contributed by atoms with Gasteiger partial charge in [0, 0.05) is 30.1 Å². The molecule has 0 saturated carbocycles. The molecule has 1 heterocycles. The Morgan fingerprint density at radius 3 is 2.44 bits per heavy atom. The fraction of sp³-hybridized carbons (Fsp3) is 0.615. The van der Waals surface area contributed by atoms with E-state index < -0.39 is 0 Å². The van der Waals surface area contributed by atoms with E-state index in [0.717, 1.165) is 16.5 Å². The quantitative estimate of drug-likeness (QED) is 0.748. The second-order valence-corrected chi connectivity index (χ2v) is 4.81. The topological polar surface area (TPSA) is 43.4 Å². The molecule has 5 heteroatoms. The number of hydrogen-bond acceptors (Lipinski definition) is 4. The largest absolute Gasteiger partial charge is 0.351 e. The van der Waals surface area contributed by atoms with Gasteiger partial charge in [0.25, 0.3) is 0 Å². The van der Waals surface area contributed by atoms with Crippen LogP contribution in [0.3, 0.4) is 0 Å². The molecule has 1 unspecified atom stereocenters. The minimum atomic E-state index is -0.232. The highest BCUT2D eigenvalue weighted by Gasteiger charge is 2.21. The second-order valence-electron chi connectivity index (χ2n) is 3.89. The van der Waals surface area contributed by atoms with Crippen molar-refractivity contribution in [3.05, 3.63) is 28.5 Å². The Hall–Kier alpha value is -0.490. The molecule has 1 rings (SSSR count). The van der Waals surface area contributed by atoms with Crippen LogP contribution in [0.4, 0.5) is 0 Å². The van der Waals surface area contributed by atoms with E-state index in [-0.39, 0.29) is 12.3 Å². The van der Waals surface area contributed by atoms with Gasteiger partial charge in [-0.3, -0.25) is 4.98 Å². The first-order chi connectivity index (χ1) is 8.71. The molecule has 0 aliphatic heterocycles. The van der Waals surface area contributed by atoms with E-state index >= 15 is 0 Å². The molecule has 0 aliphatic carbocycles. The van der Waals surface area contributed by atoms with Gasteiger partial charge in [0.1, 0.15) is 0 Å². The van der Waals surface area contributed by atoms with Crippen molar-refractivity contribution in [2.24, 2.45) is 0 Å². The van der Waals surface area contributed by atoms with Gasteiger partial charge < -0.3 is 14.8 Å². The van der Waals surface area contributed by atoms with Crippen molar-refractivity contribution in [3.63, 3.8) is 0 Å². The van der Waals surface area contributed by atoms with Crippen molar-refractivity contribution in [2.75, 3.05) is 20.3 Å². The van der Waals surface area contributed by atoms with Crippen LogP contribution in [-0.4, -0.2) is 37.6 Å². The highest BCUT2D eigenvalue weighted by molar-refractivity contribution is 9.10. The Balaban J connectivity index is 2.69. The maximum atomic E-state index is 5.62. The summed E-state index contributed by atoms with van der Waals surface area (Å²) in [5.41, 5.74) is 1.15. The highest BCUT2D eigenvalue weighted by atomic mass is 79.9. The third-order valence-corrected chi connectivity index (χ3v) is 3.01. The van der Waals surface area contributed by atoms with E-state index in [1.165, 1.54) is 0 Å². The van der Waals surface area contributed by atoms with Crippen LogP contribution >= 0.6 is 15.9 Å². The predicted octanol–water partition coefficient (Wildman–Crippen LogP) is 2.37. The average Bonchev–Trinajstić information content (AvgIpc) is 2.36. The Morgan fingerprint density at radius 2 is 1.94 bits per heavy atom. The summed E-state index contributed by atoms with van der Waals surface area (Å²) in [4.78, 5) is 4.17. The molecule has 4 nitrogen and oxygen atoms in total. The van der Waals surface area contributed by atoms with Gasteiger partial charge in [-0.2, -0.15) is 0 Å². The molecule has 0 saturated heterocycles. The molecule has 18 heavy (non-hydrogen) atoms. The lowest BCUT2D eigenvalue weighted by molar-refractivity contribution is -0.152. The minimum Gasteiger partial charge on any atom is -0.351 e. The van der Waals surface area contributed by atoms with Crippen molar-refractivity contribution in [1.29, 1.82) is 0 Å². The summed E-state index contributed by atoms with van der Waals surface area (Å²) in [5, 5.41) is 3.25. The van der Waals surface area contributed by atoms with Crippen LogP contribution in [-0.2, 0) is 15.9 Å². The molecule has 0 aromatic carbocycles. The lowest BCUT2D eigenvalue weighted by Crippen LogP contribution is -2.43. The van der Waals surface area contributed by atoms with Crippen LogP contribution in [0.25, 0.3) is 0 Å². The number of ether oxygens (including phenoxy) is 2. The highest BCUT2D eigenvalue weighted by Crippen LogP contribution is 2.14. The van der Waals surface area contributed by atoms with Crippen molar-refractivity contribution in [2.45, 2.75) is 32.6 Å². The van der Waals surface area contributed by atoms with Crippen LogP contribution < -0.4 is 5.32 Å². The molecule has 0 amide bonds. The minimum absolute atomic E-state index is 0.112. The van der Waals surface area contributed by atoms with Crippen LogP contribution in [0.15, 0.2) is 22.9 Å². The molecule has 0 aliphatic rings. The van der Waals surface area contributed by atoms with Gasteiger partial charge >= 0.3 is 0 Å². The first-order valence-electron chi connectivity index (χ1n) is 6.21. The maximum Gasteiger partial charge on any atom is 0.172 e.